The Hall–Kier alpha value is -2.78. The summed E-state index contributed by atoms with van der Waals surface area (Å²) >= 11 is 6.35. The number of Topliss-reactive ketones (excluding diaryl/α,β-unsaturated/α-hetero) is 1. The Morgan fingerprint density at radius 3 is 2.57 bits per heavy atom. The zero-order chi connectivity index (χ0) is 21.6. The molecule has 1 aromatic heterocycles. The molecule has 0 unspecified atom stereocenters. The van der Waals surface area contributed by atoms with Crippen LogP contribution in [0.2, 0.25) is 5.02 Å². The predicted octanol–water partition coefficient (Wildman–Crippen LogP) is 2.44. The lowest BCUT2D eigenvalue weighted by molar-refractivity contribution is -0.119. The van der Waals surface area contributed by atoms with E-state index in [4.69, 9.17) is 11.6 Å². The molecule has 1 aromatic carbocycles. The maximum Gasteiger partial charge on any atom is 0.294 e. The van der Waals surface area contributed by atoms with E-state index in [1.165, 1.54) is 6.07 Å². The van der Waals surface area contributed by atoms with Gasteiger partial charge in [0.1, 0.15) is 5.69 Å². The molecule has 2 aromatic rings. The number of nitrogens with zero attached hydrogens (tertiary/aromatic N) is 1. The van der Waals surface area contributed by atoms with Gasteiger partial charge < -0.3 is 20.3 Å². The van der Waals surface area contributed by atoms with Crippen LogP contribution in [0.4, 0.5) is 14.5 Å². The van der Waals surface area contributed by atoms with Crippen molar-refractivity contribution in [1.29, 1.82) is 0 Å². The van der Waals surface area contributed by atoms with E-state index in [2.05, 4.69) is 10.6 Å². The standard InChI is InChI=1S/C20H18ClF2N3O4/c21-16-15(19(29)24-9-3-4-12(22)13(23)8-9)14-2-1-5-26(14)17(16)18(28)20(30)25-10-6-11(27)7-10/h3-4,8,10-11,27H,1-2,5-7H2,(H,24,29)(H,25,30)/t10-,11-. The summed E-state index contributed by atoms with van der Waals surface area (Å²) in [6.45, 7) is 0.421. The Morgan fingerprint density at radius 1 is 1.17 bits per heavy atom. The third kappa shape index (κ3) is 3.59. The molecule has 2 aliphatic rings. The fourth-order valence-corrected chi connectivity index (χ4v) is 4.21. The Bertz CT molecular complexity index is 1060. The number of aliphatic hydroxyl groups is 1. The van der Waals surface area contributed by atoms with Gasteiger partial charge in [-0.3, -0.25) is 14.4 Å². The smallest absolute Gasteiger partial charge is 0.294 e. The lowest BCUT2D eigenvalue weighted by atomic mass is 9.89. The second-order valence-corrected chi connectivity index (χ2v) is 7.83. The van der Waals surface area contributed by atoms with E-state index < -0.39 is 35.3 Å². The van der Waals surface area contributed by atoms with Gasteiger partial charge in [-0.1, -0.05) is 11.6 Å². The van der Waals surface area contributed by atoms with Crippen LogP contribution >= 0.6 is 11.6 Å². The third-order valence-corrected chi connectivity index (χ3v) is 5.75. The van der Waals surface area contributed by atoms with Gasteiger partial charge in [0.05, 0.1) is 16.7 Å². The summed E-state index contributed by atoms with van der Waals surface area (Å²) in [6, 6.07) is 2.64. The number of ketones is 1. The van der Waals surface area contributed by atoms with Gasteiger partial charge in [-0.25, -0.2) is 8.78 Å². The van der Waals surface area contributed by atoms with Crippen LogP contribution in [0.1, 0.15) is 45.8 Å². The normalized spacial score (nSPS) is 19.7. The first kappa shape index (κ1) is 20.5. The van der Waals surface area contributed by atoms with Gasteiger partial charge in [-0.15, -0.1) is 0 Å². The molecule has 0 atom stereocenters. The highest BCUT2D eigenvalue weighted by atomic mass is 35.5. The SMILES string of the molecule is O=C(N[C@H]1C[C@H](O)C1)C(=O)c1c(Cl)c(C(=O)Nc2ccc(F)c(F)c2)c2n1CCC2. The Balaban J connectivity index is 1.60. The molecule has 158 valence electrons. The van der Waals surface area contributed by atoms with E-state index in [1.54, 1.807) is 4.57 Å². The lowest BCUT2D eigenvalue weighted by Crippen LogP contribution is -2.49. The highest BCUT2D eigenvalue weighted by molar-refractivity contribution is 6.48. The fourth-order valence-electron chi connectivity index (χ4n) is 3.83. The molecule has 7 nitrogen and oxygen atoms in total. The number of aliphatic hydroxyl groups excluding tert-OH is 1. The van der Waals surface area contributed by atoms with Crippen molar-refractivity contribution < 1.29 is 28.3 Å². The van der Waals surface area contributed by atoms with Crippen LogP contribution in [0.5, 0.6) is 0 Å². The Labute approximate surface area is 175 Å². The average Bonchev–Trinajstić information content (AvgIpc) is 3.22. The topological polar surface area (TPSA) is 100 Å². The van der Waals surface area contributed by atoms with E-state index >= 15 is 0 Å². The summed E-state index contributed by atoms with van der Waals surface area (Å²) in [7, 11) is 0. The van der Waals surface area contributed by atoms with Crippen LogP contribution in [0.15, 0.2) is 18.2 Å². The second kappa shape index (κ2) is 7.81. The van der Waals surface area contributed by atoms with Crippen molar-refractivity contribution >= 4 is 34.9 Å². The van der Waals surface area contributed by atoms with Crippen molar-refractivity contribution in [2.75, 3.05) is 5.32 Å². The molecule has 1 aliphatic carbocycles. The van der Waals surface area contributed by atoms with E-state index in [-0.39, 0.29) is 28.0 Å². The second-order valence-electron chi connectivity index (χ2n) is 7.45. The van der Waals surface area contributed by atoms with Crippen LogP contribution in [-0.4, -0.2) is 39.4 Å². The van der Waals surface area contributed by atoms with Crippen molar-refractivity contribution in [1.82, 2.24) is 9.88 Å². The number of aromatic nitrogens is 1. The van der Waals surface area contributed by atoms with Gasteiger partial charge in [-0.05, 0) is 37.8 Å². The molecule has 0 spiro atoms. The van der Waals surface area contributed by atoms with Crippen molar-refractivity contribution in [3.63, 3.8) is 0 Å². The zero-order valence-corrected chi connectivity index (χ0v) is 16.4. The number of fused-ring (bicyclic) bond motifs is 1. The fraction of sp³-hybridized carbons (Fsp3) is 0.350. The maximum absolute atomic E-state index is 13.4. The number of hydrogen-bond acceptors (Lipinski definition) is 4. The van der Waals surface area contributed by atoms with Crippen LogP contribution < -0.4 is 10.6 Å². The Morgan fingerprint density at radius 2 is 1.90 bits per heavy atom. The van der Waals surface area contributed by atoms with Crippen LogP contribution in [0.25, 0.3) is 0 Å². The quantitative estimate of drug-likeness (QED) is 0.494. The molecule has 2 heterocycles. The molecular formula is C20H18ClF2N3O4. The van der Waals surface area contributed by atoms with Crippen molar-refractivity contribution in [3.05, 3.63) is 51.8 Å². The number of carbonyl (C=O) groups is 3. The van der Waals surface area contributed by atoms with Gasteiger partial charge in [-0.2, -0.15) is 0 Å². The van der Waals surface area contributed by atoms with Crippen molar-refractivity contribution in [2.24, 2.45) is 0 Å². The Kier molecular flexibility index (Phi) is 5.33. The van der Waals surface area contributed by atoms with E-state index in [1.807, 2.05) is 0 Å². The predicted molar refractivity (Wildman–Crippen MR) is 104 cm³/mol. The monoisotopic (exact) mass is 437 g/mol. The number of anilines is 1. The highest BCUT2D eigenvalue weighted by Gasteiger charge is 2.36. The lowest BCUT2D eigenvalue weighted by Gasteiger charge is -2.31. The van der Waals surface area contributed by atoms with E-state index in [0.717, 1.165) is 12.1 Å². The number of amides is 2. The minimum Gasteiger partial charge on any atom is -0.393 e. The highest BCUT2D eigenvalue weighted by Crippen LogP contribution is 2.34. The molecule has 0 radical (unpaired) electrons. The van der Waals surface area contributed by atoms with E-state index in [9.17, 15) is 28.3 Å². The van der Waals surface area contributed by atoms with Crippen LogP contribution in [0, 0.1) is 11.6 Å². The first-order valence-electron chi connectivity index (χ1n) is 9.46. The molecule has 4 rings (SSSR count). The molecule has 3 N–H and O–H groups in total. The van der Waals surface area contributed by atoms with Crippen molar-refractivity contribution in [2.45, 2.75) is 44.4 Å². The van der Waals surface area contributed by atoms with Crippen LogP contribution in [0.3, 0.4) is 0 Å². The van der Waals surface area contributed by atoms with E-state index in [0.29, 0.717) is 37.9 Å². The number of halogens is 3. The first-order chi connectivity index (χ1) is 14.3. The number of nitrogens with one attached hydrogen (secondary N) is 2. The molecule has 1 fully saturated rings. The number of hydrogen-bond donors (Lipinski definition) is 3. The third-order valence-electron chi connectivity index (χ3n) is 5.38. The van der Waals surface area contributed by atoms with Gasteiger partial charge in [0, 0.05) is 30.0 Å². The molecule has 2 amide bonds. The summed E-state index contributed by atoms with van der Waals surface area (Å²) < 4.78 is 28.1. The largest absolute Gasteiger partial charge is 0.393 e. The molecule has 0 bridgehead atoms. The summed E-state index contributed by atoms with van der Waals surface area (Å²) in [5.41, 5.74) is 0.503. The summed E-state index contributed by atoms with van der Waals surface area (Å²) in [4.78, 5) is 37.9. The molecular weight excluding hydrogens is 420 g/mol. The first-order valence-corrected chi connectivity index (χ1v) is 9.84. The minimum atomic E-state index is -1.12. The zero-order valence-electron chi connectivity index (χ0n) is 15.7. The summed E-state index contributed by atoms with van der Waals surface area (Å²) in [6.07, 6.45) is 1.40. The van der Waals surface area contributed by atoms with Crippen LogP contribution in [-0.2, 0) is 17.8 Å². The minimum absolute atomic E-state index is 0.0297. The number of carbonyl (C=O) groups excluding carboxylic acids is 3. The maximum atomic E-state index is 13.4. The van der Waals surface area contributed by atoms with Gasteiger partial charge >= 0.3 is 0 Å². The number of benzene rings is 1. The molecule has 1 aliphatic heterocycles. The number of rotatable bonds is 5. The van der Waals surface area contributed by atoms with Crippen molar-refractivity contribution in [3.8, 4) is 0 Å². The van der Waals surface area contributed by atoms with Gasteiger partial charge in [0.25, 0.3) is 17.6 Å². The van der Waals surface area contributed by atoms with Gasteiger partial charge in [0.15, 0.2) is 11.6 Å². The molecule has 30 heavy (non-hydrogen) atoms. The average molecular weight is 438 g/mol. The summed E-state index contributed by atoms with van der Waals surface area (Å²) in [5, 5.41) is 14.2. The molecule has 1 saturated carbocycles. The molecule has 10 heteroatoms. The molecule has 0 saturated heterocycles. The van der Waals surface area contributed by atoms with Gasteiger partial charge in [0.2, 0.25) is 0 Å². The summed E-state index contributed by atoms with van der Waals surface area (Å²) in [5.74, 6) is -4.56.